The van der Waals surface area contributed by atoms with Gasteiger partial charge in [-0.3, -0.25) is 19.7 Å². The summed E-state index contributed by atoms with van der Waals surface area (Å²) in [5.41, 5.74) is 0.114. The molecule has 0 aliphatic carbocycles. The van der Waals surface area contributed by atoms with Crippen molar-refractivity contribution in [2.45, 2.75) is 26.2 Å². The Morgan fingerprint density at radius 2 is 2.12 bits per heavy atom. The van der Waals surface area contributed by atoms with Crippen molar-refractivity contribution in [2.75, 3.05) is 16.8 Å². The Hall–Kier alpha value is -3.36. The van der Waals surface area contributed by atoms with Gasteiger partial charge in [0.15, 0.2) is 0 Å². The Morgan fingerprint density at radius 3 is 2.69 bits per heavy atom. The highest BCUT2D eigenvalue weighted by Crippen LogP contribution is 2.45. The van der Waals surface area contributed by atoms with Crippen molar-refractivity contribution in [3.63, 3.8) is 0 Å². The first-order valence-electron chi connectivity index (χ1n) is 7.99. The smallest absolute Gasteiger partial charge is 0.294 e. The van der Waals surface area contributed by atoms with Gasteiger partial charge in [0.2, 0.25) is 5.91 Å². The highest BCUT2D eigenvalue weighted by Gasteiger charge is 2.44. The summed E-state index contributed by atoms with van der Waals surface area (Å²) in [6.45, 7) is 5.72. The van der Waals surface area contributed by atoms with Crippen LogP contribution in [0.4, 0.5) is 17.1 Å². The van der Waals surface area contributed by atoms with Gasteiger partial charge in [-0.25, -0.2) is 9.97 Å². The van der Waals surface area contributed by atoms with Gasteiger partial charge in [-0.15, -0.1) is 0 Å². The second kappa shape index (κ2) is 6.17. The summed E-state index contributed by atoms with van der Waals surface area (Å²) in [4.78, 5) is 44.9. The number of carbonyl (C=O) groups is 2. The van der Waals surface area contributed by atoms with Gasteiger partial charge in [0, 0.05) is 18.8 Å². The van der Waals surface area contributed by atoms with Crippen LogP contribution in [0, 0.1) is 10.1 Å². The van der Waals surface area contributed by atoms with E-state index in [1.54, 1.807) is 20.8 Å². The number of nitro groups is 1. The average Bonchev–Trinajstić information content (AvgIpc) is 2.81. The quantitative estimate of drug-likeness (QED) is 0.664. The number of nitro benzene ring substituents is 1. The molecule has 1 aromatic carbocycles. The molecule has 1 N–H and O–H groups in total. The average molecular weight is 355 g/mol. The fourth-order valence-electron chi connectivity index (χ4n) is 3.04. The molecule has 26 heavy (non-hydrogen) atoms. The molecule has 1 aromatic heterocycles. The van der Waals surface area contributed by atoms with Crippen molar-refractivity contribution in [1.82, 2.24) is 9.97 Å². The molecule has 0 spiro atoms. The van der Waals surface area contributed by atoms with Crippen LogP contribution in [0.15, 0.2) is 30.7 Å². The normalized spacial score (nSPS) is 14.9. The zero-order valence-corrected chi connectivity index (χ0v) is 14.5. The number of hydrogen-bond acceptors (Lipinski definition) is 6. The fraction of sp³-hybridized carbons (Fsp3) is 0.294. The van der Waals surface area contributed by atoms with Gasteiger partial charge in [0.05, 0.1) is 16.0 Å². The van der Waals surface area contributed by atoms with Gasteiger partial charge in [0.1, 0.15) is 17.7 Å². The number of fused-ring (bicyclic) bond motifs is 1. The molecule has 9 nitrogen and oxygen atoms in total. The second-order valence-corrected chi connectivity index (χ2v) is 6.37. The molecule has 1 aliphatic rings. The third-order valence-corrected chi connectivity index (χ3v) is 4.43. The first kappa shape index (κ1) is 17.5. The van der Waals surface area contributed by atoms with E-state index in [4.69, 9.17) is 0 Å². The Bertz CT molecular complexity index is 911. The molecular formula is C17H17N5O4. The van der Waals surface area contributed by atoms with E-state index in [-0.39, 0.29) is 23.0 Å². The van der Waals surface area contributed by atoms with Crippen LogP contribution in [0.25, 0.3) is 0 Å². The number of amides is 2. The van der Waals surface area contributed by atoms with Crippen LogP contribution in [-0.2, 0) is 10.2 Å². The number of aromatic nitrogens is 2. The van der Waals surface area contributed by atoms with Crippen LogP contribution in [0.1, 0.15) is 36.8 Å². The number of hydrogen-bond donors (Lipinski definition) is 1. The summed E-state index contributed by atoms with van der Waals surface area (Å²) in [6.07, 6.45) is 2.62. The third-order valence-electron chi connectivity index (χ3n) is 4.43. The molecule has 0 saturated heterocycles. The number of anilines is 2. The van der Waals surface area contributed by atoms with Crippen molar-refractivity contribution >= 4 is 28.9 Å². The first-order valence-corrected chi connectivity index (χ1v) is 7.99. The maximum atomic E-state index is 12.6. The summed E-state index contributed by atoms with van der Waals surface area (Å²) in [5.74, 6) is -0.728. The molecule has 1 aliphatic heterocycles. The molecule has 3 rings (SSSR count). The SMILES string of the molecule is CCN1C(=O)C(C)(C)c2cc(NC(=O)c3ccncn3)c([N+](=O)[O-])cc21. The minimum Gasteiger partial charge on any atom is -0.315 e. The molecule has 2 aromatic rings. The lowest BCUT2D eigenvalue weighted by atomic mass is 9.85. The lowest BCUT2D eigenvalue weighted by Gasteiger charge is -2.18. The van der Waals surface area contributed by atoms with Crippen LogP contribution in [0.5, 0.6) is 0 Å². The van der Waals surface area contributed by atoms with Crippen LogP contribution >= 0.6 is 0 Å². The minimum absolute atomic E-state index is 0.0243. The lowest BCUT2D eigenvalue weighted by molar-refractivity contribution is -0.383. The molecule has 0 atom stereocenters. The van der Waals surface area contributed by atoms with Gasteiger partial charge in [-0.2, -0.15) is 0 Å². The Kier molecular flexibility index (Phi) is 4.15. The summed E-state index contributed by atoms with van der Waals surface area (Å²) in [7, 11) is 0. The van der Waals surface area contributed by atoms with Crippen molar-refractivity contribution in [3.05, 3.63) is 52.1 Å². The molecule has 134 valence electrons. The maximum absolute atomic E-state index is 12.6. The van der Waals surface area contributed by atoms with E-state index in [0.717, 1.165) is 0 Å². The molecule has 0 saturated carbocycles. The fourth-order valence-corrected chi connectivity index (χ4v) is 3.04. The molecule has 2 heterocycles. The minimum atomic E-state index is -0.838. The van der Waals surface area contributed by atoms with Crippen LogP contribution in [0.2, 0.25) is 0 Å². The Labute approximate surface area is 149 Å². The van der Waals surface area contributed by atoms with E-state index >= 15 is 0 Å². The third kappa shape index (κ3) is 2.67. The van der Waals surface area contributed by atoms with Gasteiger partial charge in [0.25, 0.3) is 11.6 Å². The summed E-state index contributed by atoms with van der Waals surface area (Å²) in [5, 5.41) is 14.0. The zero-order chi connectivity index (χ0) is 19.1. The second-order valence-electron chi connectivity index (χ2n) is 6.37. The van der Waals surface area contributed by atoms with E-state index in [1.807, 2.05) is 0 Å². The number of carbonyl (C=O) groups excluding carboxylic acids is 2. The summed E-state index contributed by atoms with van der Waals surface area (Å²) >= 11 is 0. The predicted molar refractivity (Wildman–Crippen MR) is 94.1 cm³/mol. The highest BCUT2D eigenvalue weighted by atomic mass is 16.6. The van der Waals surface area contributed by atoms with Crippen molar-refractivity contribution < 1.29 is 14.5 Å². The van der Waals surface area contributed by atoms with Crippen LogP contribution in [-0.4, -0.2) is 33.3 Å². The summed E-state index contributed by atoms with van der Waals surface area (Å²) < 4.78 is 0. The van der Waals surface area contributed by atoms with Crippen LogP contribution in [0.3, 0.4) is 0 Å². The molecule has 2 amide bonds. The topological polar surface area (TPSA) is 118 Å². The largest absolute Gasteiger partial charge is 0.315 e. The maximum Gasteiger partial charge on any atom is 0.294 e. The lowest BCUT2D eigenvalue weighted by Crippen LogP contribution is -2.35. The van der Waals surface area contributed by atoms with Crippen molar-refractivity contribution in [2.24, 2.45) is 0 Å². The van der Waals surface area contributed by atoms with E-state index < -0.39 is 16.2 Å². The molecular weight excluding hydrogens is 338 g/mol. The summed E-state index contributed by atoms with van der Waals surface area (Å²) in [6, 6.07) is 4.24. The number of nitrogens with one attached hydrogen (secondary N) is 1. The van der Waals surface area contributed by atoms with Gasteiger partial charge in [-0.05, 0) is 38.5 Å². The van der Waals surface area contributed by atoms with Gasteiger partial charge in [-0.1, -0.05) is 0 Å². The molecule has 0 fully saturated rings. The molecule has 0 bridgehead atoms. The van der Waals surface area contributed by atoms with E-state index in [2.05, 4.69) is 15.3 Å². The first-order chi connectivity index (χ1) is 12.3. The van der Waals surface area contributed by atoms with Gasteiger partial charge < -0.3 is 10.2 Å². The predicted octanol–water partition coefficient (Wildman–Crippen LogP) is 2.28. The van der Waals surface area contributed by atoms with E-state index in [0.29, 0.717) is 17.8 Å². The number of benzene rings is 1. The Morgan fingerprint density at radius 1 is 1.38 bits per heavy atom. The number of likely N-dealkylation sites (N-methyl/N-ethyl adjacent to an activating group) is 1. The monoisotopic (exact) mass is 355 g/mol. The molecule has 0 radical (unpaired) electrons. The van der Waals surface area contributed by atoms with E-state index in [1.165, 1.54) is 35.6 Å². The van der Waals surface area contributed by atoms with Crippen LogP contribution < -0.4 is 10.2 Å². The van der Waals surface area contributed by atoms with E-state index in [9.17, 15) is 19.7 Å². The standard InChI is InChI=1S/C17H17N5O4/c1-4-21-13-8-14(22(25)26)12(7-10(13)17(2,3)16(21)24)20-15(23)11-5-6-18-9-19-11/h5-9H,4H2,1-3H3,(H,20,23). The Balaban J connectivity index is 2.09. The van der Waals surface area contributed by atoms with Crippen molar-refractivity contribution in [1.29, 1.82) is 0 Å². The number of nitrogens with zero attached hydrogens (tertiary/aromatic N) is 4. The highest BCUT2D eigenvalue weighted by molar-refractivity contribution is 6.10. The number of rotatable bonds is 4. The van der Waals surface area contributed by atoms with Gasteiger partial charge >= 0.3 is 0 Å². The molecule has 0 unspecified atom stereocenters. The van der Waals surface area contributed by atoms with Crippen molar-refractivity contribution in [3.8, 4) is 0 Å². The zero-order valence-electron chi connectivity index (χ0n) is 14.5. The molecule has 9 heteroatoms.